The summed E-state index contributed by atoms with van der Waals surface area (Å²) in [5, 5.41) is 2.97. The zero-order chi connectivity index (χ0) is 21.0. The fraction of sp³-hybridized carbons (Fsp3) is 0.217. The van der Waals surface area contributed by atoms with E-state index in [0.29, 0.717) is 17.6 Å². The molecule has 0 radical (unpaired) electrons. The number of carbonyl (C=O) groups excluding carboxylic acids is 1. The van der Waals surface area contributed by atoms with Gasteiger partial charge in [0.15, 0.2) is 5.65 Å². The van der Waals surface area contributed by atoms with E-state index in [2.05, 4.69) is 25.2 Å². The van der Waals surface area contributed by atoms with Gasteiger partial charge in [0.05, 0.1) is 31.6 Å². The maximum absolute atomic E-state index is 12.8. The number of aromatic nitrogens is 4. The number of hydrogen-bond donors (Lipinski definition) is 1. The number of rotatable bonds is 5. The zero-order valence-electron chi connectivity index (χ0n) is 16.9. The maximum atomic E-state index is 12.8. The summed E-state index contributed by atoms with van der Waals surface area (Å²) in [5.74, 6) is -0.213. The van der Waals surface area contributed by atoms with E-state index in [4.69, 9.17) is 4.74 Å². The van der Waals surface area contributed by atoms with E-state index in [1.165, 1.54) is 0 Å². The Hall–Kier alpha value is -3.78. The van der Waals surface area contributed by atoms with Crippen LogP contribution in [0.15, 0.2) is 67.4 Å². The summed E-state index contributed by atoms with van der Waals surface area (Å²) in [5.41, 5.74) is 4.76. The molecule has 5 rings (SSSR count). The molecule has 31 heavy (non-hydrogen) atoms. The third-order valence-corrected chi connectivity index (χ3v) is 5.27. The number of carbonyl (C=O) groups is 1. The predicted molar refractivity (Wildman–Crippen MR) is 118 cm³/mol. The Morgan fingerprint density at radius 2 is 1.97 bits per heavy atom. The monoisotopic (exact) mass is 414 g/mol. The number of pyridine rings is 2. The minimum Gasteiger partial charge on any atom is -0.378 e. The minimum atomic E-state index is -0.213. The molecule has 156 valence electrons. The number of fused-ring (bicyclic) bond motifs is 1. The highest BCUT2D eigenvalue weighted by molar-refractivity contribution is 6.05. The molecule has 0 spiro atoms. The molecule has 1 amide bonds. The van der Waals surface area contributed by atoms with Gasteiger partial charge in [-0.2, -0.15) is 0 Å². The molecule has 4 heterocycles. The molecule has 0 atom stereocenters. The first-order valence-electron chi connectivity index (χ1n) is 10.2. The molecule has 1 aromatic carbocycles. The molecule has 0 aliphatic carbocycles. The first kappa shape index (κ1) is 19.2. The normalized spacial score (nSPS) is 14.0. The Morgan fingerprint density at radius 3 is 2.81 bits per heavy atom. The van der Waals surface area contributed by atoms with E-state index >= 15 is 0 Å². The van der Waals surface area contributed by atoms with Crippen molar-refractivity contribution in [1.82, 2.24) is 19.5 Å². The summed E-state index contributed by atoms with van der Waals surface area (Å²) >= 11 is 0. The molecule has 8 heteroatoms. The van der Waals surface area contributed by atoms with Gasteiger partial charge < -0.3 is 19.5 Å². The fourth-order valence-corrected chi connectivity index (χ4v) is 3.68. The number of nitrogens with one attached hydrogen (secondary N) is 1. The number of anilines is 2. The molecule has 0 saturated carbocycles. The Bertz CT molecular complexity index is 1200. The number of benzene rings is 1. The second-order valence-electron chi connectivity index (χ2n) is 7.40. The standard InChI is InChI=1S/C23H22N6O2/c30-23(27-19-4-1-5-20(12-19)28-7-9-31-10-8-28)18-11-21-22(25-14-18)29(16-26-21)15-17-3-2-6-24-13-17/h1-6,11-14,16H,7-10,15H2,(H,27,30). The Labute approximate surface area is 179 Å². The van der Waals surface area contributed by atoms with Gasteiger partial charge in [0.1, 0.15) is 5.52 Å². The highest BCUT2D eigenvalue weighted by Crippen LogP contribution is 2.21. The molecule has 1 fully saturated rings. The number of ether oxygens (including phenoxy) is 1. The molecule has 8 nitrogen and oxygen atoms in total. The maximum Gasteiger partial charge on any atom is 0.257 e. The number of imidazole rings is 1. The van der Waals surface area contributed by atoms with Crippen LogP contribution in [0.4, 0.5) is 11.4 Å². The largest absolute Gasteiger partial charge is 0.378 e. The van der Waals surface area contributed by atoms with Crippen LogP contribution in [0.2, 0.25) is 0 Å². The summed E-state index contributed by atoms with van der Waals surface area (Å²) in [4.78, 5) is 28.1. The van der Waals surface area contributed by atoms with Gasteiger partial charge in [-0.3, -0.25) is 9.78 Å². The van der Waals surface area contributed by atoms with Gasteiger partial charge in [0, 0.05) is 43.1 Å². The molecule has 4 aromatic rings. The van der Waals surface area contributed by atoms with Gasteiger partial charge in [-0.05, 0) is 35.9 Å². The van der Waals surface area contributed by atoms with Gasteiger partial charge in [-0.1, -0.05) is 12.1 Å². The van der Waals surface area contributed by atoms with Crippen LogP contribution < -0.4 is 10.2 Å². The molecular formula is C23H22N6O2. The predicted octanol–water partition coefficient (Wildman–Crippen LogP) is 2.96. The Kier molecular flexibility index (Phi) is 5.28. The number of amides is 1. The summed E-state index contributed by atoms with van der Waals surface area (Å²) in [7, 11) is 0. The average molecular weight is 414 g/mol. The van der Waals surface area contributed by atoms with Crippen LogP contribution in [0.3, 0.4) is 0 Å². The summed E-state index contributed by atoms with van der Waals surface area (Å²) in [6, 6.07) is 13.5. The van der Waals surface area contributed by atoms with E-state index in [1.54, 1.807) is 24.8 Å². The molecular weight excluding hydrogens is 392 g/mol. The van der Waals surface area contributed by atoms with Crippen LogP contribution in [-0.2, 0) is 11.3 Å². The van der Waals surface area contributed by atoms with Crippen LogP contribution in [0.1, 0.15) is 15.9 Å². The van der Waals surface area contributed by atoms with E-state index in [1.807, 2.05) is 47.2 Å². The topological polar surface area (TPSA) is 85.2 Å². The molecule has 1 N–H and O–H groups in total. The third-order valence-electron chi connectivity index (χ3n) is 5.27. The van der Waals surface area contributed by atoms with Crippen molar-refractivity contribution in [3.63, 3.8) is 0 Å². The lowest BCUT2D eigenvalue weighted by atomic mass is 10.2. The number of hydrogen-bond acceptors (Lipinski definition) is 6. The first-order valence-corrected chi connectivity index (χ1v) is 10.2. The molecule has 1 aliphatic heterocycles. The quantitative estimate of drug-likeness (QED) is 0.540. The first-order chi connectivity index (χ1) is 15.3. The molecule has 1 saturated heterocycles. The lowest BCUT2D eigenvalue weighted by Crippen LogP contribution is -2.36. The van der Waals surface area contributed by atoms with Gasteiger partial charge in [0.25, 0.3) is 5.91 Å². The van der Waals surface area contributed by atoms with Crippen LogP contribution in [0.25, 0.3) is 11.2 Å². The SMILES string of the molecule is O=C(Nc1cccc(N2CCOCC2)c1)c1cnc2c(c1)ncn2Cc1cccnc1. The summed E-state index contributed by atoms with van der Waals surface area (Å²) in [6.07, 6.45) is 6.89. The second-order valence-corrected chi connectivity index (χ2v) is 7.40. The number of morpholine rings is 1. The van der Waals surface area contributed by atoms with Crippen LogP contribution >= 0.6 is 0 Å². The van der Waals surface area contributed by atoms with E-state index < -0.39 is 0 Å². The van der Waals surface area contributed by atoms with Gasteiger partial charge >= 0.3 is 0 Å². The Balaban J connectivity index is 1.32. The lowest BCUT2D eigenvalue weighted by molar-refractivity contribution is 0.102. The minimum absolute atomic E-state index is 0.213. The van der Waals surface area contributed by atoms with Gasteiger partial charge in [0.2, 0.25) is 0 Å². The van der Waals surface area contributed by atoms with Crippen molar-refractivity contribution in [2.75, 3.05) is 36.5 Å². The molecule has 0 unspecified atom stereocenters. The Morgan fingerprint density at radius 1 is 1.06 bits per heavy atom. The van der Waals surface area contributed by atoms with E-state index in [0.717, 1.165) is 48.9 Å². The zero-order valence-corrected chi connectivity index (χ0v) is 16.9. The van der Waals surface area contributed by atoms with Crippen molar-refractivity contribution in [3.05, 3.63) is 78.5 Å². The molecule has 1 aliphatic rings. The van der Waals surface area contributed by atoms with Crippen molar-refractivity contribution < 1.29 is 9.53 Å². The smallest absolute Gasteiger partial charge is 0.257 e. The third kappa shape index (κ3) is 4.24. The van der Waals surface area contributed by atoms with Gasteiger partial charge in [-0.15, -0.1) is 0 Å². The summed E-state index contributed by atoms with van der Waals surface area (Å²) < 4.78 is 7.36. The van der Waals surface area contributed by atoms with Crippen molar-refractivity contribution in [2.45, 2.75) is 6.54 Å². The van der Waals surface area contributed by atoms with Crippen molar-refractivity contribution in [2.24, 2.45) is 0 Å². The van der Waals surface area contributed by atoms with Crippen LogP contribution in [-0.4, -0.2) is 51.7 Å². The number of nitrogens with zero attached hydrogens (tertiary/aromatic N) is 5. The average Bonchev–Trinajstić information content (AvgIpc) is 3.22. The van der Waals surface area contributed by atoms with Crippen LogP contribution in [0.5, 0.6) is 0 Å². The van der Waals surface area contributed by atoms with Gasteiger partial charge in [-0.25, -0.2) is 9.97 Å². The van der Waals surface area contributed by atoms with Crippen molar-refractivity contribution >= 4 is 28.4 Å². The highest BCUT2D eigenvalue weighted by atomic mass is 16.5. The van der Waals surface area contributed by atoms with Crippen molar-refractivity contribution in [1.29, 1.82) is 0 Å². The molecule has 3 aromatic heterocycles. The lowest BCUT2D eigenvalue weighted by Gasteiger charge is -2.29. The second kappa shape index (κ2) is 8.53. The summed E-state index contributed by atoms with van der Waals surface area (Å²) in [6.45, 7) is 3.75. The fourth-order valence-electron chi connectivity index (χ4n) is 3.68. The van der Waals surface area contributed by atoms with E-state index in [9.17, 15) is 4.79 Å². The van der Waals surface area contributed by atoms with Crippen molar-refractivity contribution in [3.8, 4) is 0 Å². The highest BCUT2D eigenvalue weighted by Gasteiger charge is 2.14. The van der Waals surface area contributed by atoms with Crippen LogP contribution in [0, 0.1) is 0 Å². The van der Waals surface area contributed by atoms with E-state index in [-0.39, 0.29) is 5.91 Å². The molecule has 0 bridgehead atoms.